The monoisotopic (exact) mass is 225 g/mol. The fraction of sp³-hybridized carbons (Fsp3) is 0.667. The summed E-state index contributed by atoms with van der Waals surface area (Å²) in [6, 6.07) is 0. The zero-order valence-electron chi connectivity index (χ0n) is 7.12. The number of anilines is 1. The molecule has 0 radical (unpaired) electrons. The molecule has 0 aliphatic heterocycles. The van der Waals surface area contributed by atoms with E-state index in [-0.39, 0.29) is 15.4 Å². The Labute approximate surface area is 82.7 Å². The van der Waals surface area contributed by atoms with Crippen LogP contribution in [0, 0.1) is 0 Å². The zero-order chi connectivity index (χ0) is 10.1. The van der Waals surface area contributed by atoms with Crippen molar-refractivity contribution in [2.45, 2.75) is 24.4 Å². The van der Waals surface area contributed by atoms with Crippen molar-refractivity contribution in [3.63, 3.8) is 0 Å². The summed E-state index contributed by atoms with van der Waals surface area (Å²) in [4.78, 5) is 0. The summed E-state index contributed by atoms with van der Waals surface area (Å²) in [6.07, 6.45) is 0. The Hall–Kier alpha value is -0.430. The molecular weight excluding hydrogens is 216 g/mol. The van der Waals surface area contributed by atoms with Crippen LogP contribution in [0.15, 0.2) is 0 Å². The Bertz CT molecular complexity index is 287. The summed E-state index contributed by atoms with van der Waals surface area (Å²) in [7, 11) is 0. The molecule has 0 saturated heterocycles. The van der Waals surface area contributed by atoms with Gasteiger partial charge in [0, 0.05) is 5.25 Å². The lowest BCUT2D eigenvalue weighted by molar-refractivity contribution is 0.103. The van der Waals surface area contributed by atoms with E-state index < -0.39 is 5.25 Å². The van der Waals surface area contributed by atoms with E-state index in [1.165, 1.54) is 0 Å². The van der Waals surface area contributed by atoms with Gasteiger partial charge in [-0.15, -0.1) is 10.2 Å². The van der Waals surface area contributed by atoms with Crippen LogP contribution in [0.3, 0.4) is 0 Å². The summed E-state index contributed by atoms with van der Waals surface area (Å²) in [5.74, 6) is 0. The molecule has 1 heterocycles. The van der Waals surface area contributed by atoms with E-state index >= 15 is 0 Å². The number of nitrogen functional groups attached to an aromatic ring is 1. The van der Waals surface area contributed by atoms with Crippen molar-refractivity contribution in [1.29, 1.82) is 0 Å². The summed E-state index contributed by atoms with van der Waals surface area (Å²) in [5, 5.41) is 3.25. The van der Waals surface area contributed by atoms with Crippen molar-refractivity contribution >= 4 is 28.2 Å². The SMILES string of the molecule is CC(C)SC(F)(F)c1nnc(N)s1. The topological polar surface area (TPSA) is 51.8 Å². The van der Waals surface area contributed by atoms with E-state index in [9.17, 15) is 8.78 Å². The third-order valence-electron chi connectivity index (χ3n) is 1.07. The van der Waals surface area contributed by atoms with E-state index in [1.807, 2.05) is 0 Å². The normalized spacial score (nSPS) is 12.4. The lowest BCUT2D eigenvalue weighted by Gasteiger charge is -2.13. The average molecular weight is 225 g/mol. The van der Waals surface area contributed by atoms with Gasteiger partial charge in [-0.1, -0.05) is 36.9 Å². The summed E-state index contributed by atoms with van der Waals surface area (Å²) in [6.45, 7) is 3.39. The number of nitrogens with zero attached hydrogens (tertiary/aromatic N) is 2. The van der Waals surface area contributed by atoms with Crippen LogP contribution < -0.4 is 5.73 Å². The molecule has 74 valence electrons. The minimum absolute atomic E-state index is 0.0685. The van der Waals surface area contributed by atoms with Crippen molar-refractivity contribution < 1.29 is 8.78 Å². The maximum atomic E-state index is 13.2. The first-order valence-corrected chi connectivity index (χ1v) is 5.26. The van der Waals surface area contributed by atoms with Gasteiger partial charge in [0.2, 0.25) is 5.13 Å². The Kier molecular flexibility index (Phi) is 3.07. The van der Waals surface area contributed by atoms with Crippen LogP contribution in [0.25, 0.3) is 0 Å². The number of rotatable bonds is 3. The fourth-order valence-corrected chi connectivity index (χ4v) is 2.18. The maximum absolute atomic E-state index is 13.2. The van der Waals surface area contributed by atoms with Crippen LogP contribution in [0.4, 0.5) is 13.9 Å². The Morgan fingerprint density at radius 3 is 2.46 bits per heavy atom. The highest BCUT2D eigenvalue weighted by Crippen LogP contribution is 2.43. The second kappa shape index (κ2) is 3.75. The lowest BCUT2D eigenvalue weighted by Crippen LogP contribution is -2.11. The molecule has 13 heavy (non-hydrogen) atoms. The molecule has 0 atom stereocenters. The molecule has 0 saturated carbocycles. The highest BCUT2D eigenvalue weighted by molar-refractivity contribution is 8.00. The van der Waals surface area contributed by atoms with E-state index in [2.05, 4.69) is 10.2 Å². The quantitative estimate of drug-likeness (QED) is 0.857. The molecule has 1 aromatic rings. The highest BCUT2D eigenvalue weighted by atomic mass is 32.2. The van der Waals surface area contributed by atoms with E-state index in [0.717, 1.165) is 11.3 Å². The number of thioether (sulfide) groups is 1. The second-order valence-corrected chi connectivity index (χ2v) is 5.33. The number of hydrogen-bond acceptors (Lipinski definition) is 5. The molecule has 0 aliphatic carbocycles. The van der Waals surface area contributed by atoms with Gasteiger partial charge in [0.1, 0.15) is 0 Å². The van der Waals surface area contributed by atoms with Crippen LogP contribution in [0.2, 0.25) is 0 Å². The molecule has 0 aromatic carbocycles. The molecule has 3 nitrogen and oxygen atoms in total. The number of hydrogen-bond donors (Lipinski definition) is 1. The van der Waals surface area contributed by atoms with E-state index in [1.54, 1.807) is 13.8 Å². The van der Waals surface area contributed by atoms with Crippen molar-refractivity contribution in [3.8, 4) is 0 Å². The Morgan fingerprint density at radius 1 is 1.46 bits per heavy atom. The lowest BCUT2D eigenvalue weighted by atomic mass is 10.6. The van der Waals surface area contributed by atoms with Crippen LogP contribution in [-0.2, 0) is 5.25 Å². The highest BCUT2D eigenvalue weighted by Gasteiger charge is 2.37. The minimum Gasteiger partial charge on any atom is -0.374 e. The van der Waals surface area contributed by atoms with Crippen LogP contribution in [0.5, 0.6) is 0 Å². The molecule has 0 aliphatic rings. The molecular formula is C6H9F2N3S2. The largest absolute Gasteiger partial charge is 0.374 e. The predicted molar refractivity (Wildman–Crippen MR) is 50.9 cm³/mol. The van der Waals surface area contributed by atoms with Crippen molar-refractivity contribution in [3.05, 3.63) is 5.01 Å². The van der Waals surface area contributed by atoms with Gasteiger partial charge >= 0.3 is 5.25 Å². The number of nitrogens with two attached hydrogens (primary N) is 1. The molecule has 1 rings (SSSR count). The van der Waals surface area contributed by atoms with Gasteiger partial charge in [0.15, 0.2) is 5.01 Å². The fourth-order valence-electron chi connectivity index (χ4n) is 0.699. The number of aromatic nitrogens is 2. The molecule has 0 bridgehead atoms. The van der Waals surface area contributed by atoms with Crippen LogP contribution >= 0.6 is 23.1 Å². The Balaban J connectivity index is 2.80. The smallest absolute Gasteiger partial charge is 0.347 e. The summed E-state index contributed by atoms with van der Waals surface area (Å²) >= 11 is 1.26. The van der Waals surface area contributed by atoms with E-state index in [4.69, 9.17) is 5.73 Å². The summed E-state index contributed by atoms with van der Waals surface area (Å²) in [5.41, 5.74) is 5.21. The zero-order valence-corrected chi connectivity index (χ0v) is 8.75. The van der Waals surface area contributed by atoms with Crippen LogP contribution in [0.1, 0.15) is 18.9 Å². The van der Waals surface area contributed by atoms with Gasteiger partial charge in [-0.25, -0.2) is 0 Å². The van der Waals surface area contributed by atoms with Gasteiger partial charge in [-0.3, -0.25) is 0 Å². The third-order valence-corrected chi connectivity index (χ3v) is 2.99. The van der Waals surface area contributed by atoms with E-state index in [0.29, 0.717) is 11.8 Å². The van der Waals surface area contributed by atoms with Crippen molar-refractivity contribution in [1.82, 2.24) is 10.2 Å². The third kappa shape index (κ3) is 2.77. The molecule has 7 heteroatoms. The first kappa shape index (κ1) is 10.6. The molecule has 0 spiro atoms. The summed E-state index contributed by atoms with van der Waals surface area (Å²) < 4.78 is 26.5. The molecule has 0 fully saturated rings. The maximum Gasteiger partial charge on any atom is 0.347 e. The number of halogens is 2. The van der Waals surface area contributed by atoms with Gasteiger partial charge in [-0.05, 0) is 0 Å². The molecule has 2 N–H and O–H groups in total. The number of alkyl halides is 2. The van der Waals surface area contributed by atoms with Gasteiger partial charge in [-0.2, -0.15) is 8.78 Å². The van der Waals surface area contributed by atoms with Gasteiger partial charge in [0.05, 0.1) is 0 Å². The first-order valence-electron chi connectivity index (χ1n) is 3.57. The Morgan fingerprint density at radius 2 is 2.08 bits per heavy atom. The first-order chi connectivity index (χ1) is 5.92. The standard InChI is InChI=1S/C6H9F2N3S2/c1-3(2)13-6(7,8)4-10-11-5(9)12-4/h3H,1-2H3,(H2,9,11). The molecule has 0 unspecified atom stereocenters. The van der Waals surface area contributed by atoms with Gasteiger partial charge in [0.25, 0.3) is 0 Å². The van der Waals surface area contributed by atoms with Crippen LogP contribution in [-0.4, -0.2) is 15.4 Å². The molecule has 0 amide bonds. The second-order valence-electron chi connectivity index (χ2n) is 2.63. The average Bonchev–Trinajstić information content (AvgIpc) is 2.32. The van der Waals surface area contributed by atoms with Crippen molar-refractivity contribution in [2.75, 3.05) is 5.73 Å². The van der Waals surface area contributed by atoms with Crippen molar-refractivity contribution in [2.24, 2.45) is 0 Å². The molecule has 1 aromatic heterocycles. The van der Waals surface area contributed by atoms with Gasteiger partial charge < -0.3 is 5.73 Å². The minimum atomic E-state index is -2.98. The predicted octanol–water partition coefficient (Wildman–Crippen LogP) is 2.31.